The molecule has 242 valence electrons. The van der Waals surface area contributed by atoms with E-state index in [-0.39, 0.29) is 20.9 Å². The fraction of sp³-hybridized carbons (Fsp3) is 0. The standard InChI is InChI=1S/C46H34B3N3/c1-4-16-37(17-5-1)49-51(39-18-6-2-7-19-39)47-32-14-15-33-50(47)48(52(49)40-20-8-3-9-21-40)38-29-26-35(27-30-38)36-28-31-45-43-24-11-10-22-41(43)42-23-12-13-25-44(42)46(45)34-36/h1-34H. The van der Waals surface area contributed by atoms with Gasteiger partial charge < -0.3 is 14.2 Å². The second-order valence-corrected chi connectivity index (χ2v) is 13.7. The molecule has 1 saturated heterocycles. The van der Waals surface area contributed by atoms with Gasteiger partial charge >= 0.3 is 20.9 Å². The molecule has 0 atom stereocenters. The fourth-order valence-corrected chi connectivity index (χ4v) is 8.51. The summed E-state index contributed by atoms with van der Waals surface area (Å²) in [5, 5.41) is 7.78. The van der Waals surface area contributed by atoms with Gasteiger partial charge in [0.15, 0.2) is 0 Å². The van der Waals surface area contributed by atoms with E-state index < -0.39 is 0 Å². The van der Waals surface area contributed by atoms with Crippen molar-refractivity contribution in [2.75, 3.05) is 9.44 Å². The molecule has 1 fully saturated rings. The summed E-state index contributed by atoms with van der Waals surface area (Å²) in [6.07, 6.45) is 6.61. The molecule has 2 aliphatic rings. The number of allylic oxidation sites excluding steroid dienone is 2. The number of hydrogen-bond donors (Lipinski definition) is 0. The topological polar surface area (TPSA) is 9.72 Å². The number of rotatable bonds is 5. The molecule has 0 unspecified atom stereocenters. The van der Waals surface area contributed by atoms with Gasteiger partial charge in [0.25, 0.3) is 0 Å². The van der Waals surface area contributed by atoms with Gasteiger partial charge in [0, 0.05) is 11.4 Å². The van der Waals surface area contributed by atoms with E-state index in [1.807, 2.05) is 0 Å². The molecule has 0 radical (unpaired) electrons. The summed E-state index contributed by atoms with van der Waals surface area (Å²) in [6.45, 7) is -0.137. The van der Waals surface area contributed by atoms with Gasteiger partial charge in [-0.15, -0.1) is 0 Å². The molecule has 8 aromatic carbocycles. The zero-order valence-electron chi connectivity index (χ0n) is 28.7. The third-order valence-corrected chi connectivity index (χ3v) is 10.8. The average molecular weight is 661 g/mol. The molecule has 8 aromatic rings. The fourth-order valence-electron chi connectivity index (χ4n) is 8.51. The van der Waals surface area contributed by atoms with Crippen LogP contribution in [-0.4, -0.2) is 25.7 Å². The summed E-state index contributed by atoms with van der Waals surface area (Å²) in [4.78, 5) is 0. The van der Waals surface area contributed by atoms with E-state index >= 15 is 0 Å². The maximum atomic E-state index is 2.59. The van der Waals surface area contributed by atoms with Gasteiger partial charge in [-0.3, -0.25) is 0 Å². The van der Waals surface area contributed by atoms with Crippen molar-refractivity contribution >= 4 is 75.6 Å². The molecule has 10 rings (SSSR count). The van der Waals surface area contributed by atoms with Crippen LogP contribution in [0, 0.1) is 0 Å². The van der Waals surface area contributed by atoms with E-state index in [4.69, 9.17) is 0 Å². The molecule has 0 spiro atoms. The smallest absolute Gasteiger partial charge is 0.388 e. The van der Waals surface area contributed by atoms with Crippen molar-refractivity contribution in [3.63, 3.8) is 0 Å². The molecule has 6 heteroatoms. The molecule has 2 aliphatic heterocycles. The normalized spacial score (nSPS) is 14.2. The maximum Gasteiger partial charge on any atom is 0.388 e. The lowest BCUT2D eigenvalue weighted by Gasteiger charge is -2.55. The molecule has 0 aromatic heterocycles. The zero-order chi connectivity index (χ0) is 34.4. The molecule has 0 saturated carbocycles. The van der Waals surface area contributed by atoms with Crippen LogP contribution in [0.4, 0.5) is 11.4 Å². The van der Waals surface area contributed by atoms with E-state index in [2.05, 4.69) is 220 Å². The maximum absolute atomic E-state index is 2.59. The Morgan fingerprint density at radius 2 is 0.827 bits per heavy atom. The highest BCUT2D eigenvalue weighted by Gasteiger charge is 2.53. The van der Waals surface area contributed by atoms with Crippen molar-refractivity contribution in [1.29, 1.82) is 0 Å². The first-order valence-electron chi connectivity index (χ1n) is 18.1. The number of fused-ring (bicyclic) bond motifs is 7. The summed E-state index contributed by atoms with van der Waals surface area (Å²) in [7, 11) is 0. The zero-order valence-corrected chi connectivity index (χ0v) is 28.7. The lowest BCUT2D eigenvalue weighted by Crippen LogP contribution is -2.82. The first kappa shape index (κ1) is 30.4. The SMILES string of the molecule is C1=CB2N(C=C1)B(c1ccc(-c3ccc4c5ccccc5c5ccccc5c4c3)cc1)N(c1ccccc1)B(c1ccccc1)N2c1ccccc1. The second-order valence-electron chi connectivity index (χ2n) is 13.7. The highest BCUT2D eigenvalue weighted by molar-refractivity contribution is 7.08. The minimum absolute atomic E-state index is 0.00540. The van der Waals surface area contributed by atoms with E-state index in [0.717, 1.165) is 0 Å². The van der Waals surface area contributed by atoms with Crippen LogP contribution in [0.25, 0.3) is 43.4 Å². The molecule has 0 aliphatic carbocycles. The Labute approximate surface area is 306 Å². The largest absolute Gasteiger partial charge is 0.423 e. The van der Waals surface area contributed by atoms with Crippen LogP contribution < -0.4 is 20.4 Å². The number of benzene rings is 8. The molecule has 0 N–H and O–H groups in total. The summed E-state index contributed by atoms with van der Waals surface area (Å²) < 4.78 is 7.64. The number of hydrogen-bond acceptors (Lipinski definition) is 3. The molecular weight excluding hydrogens is 627 g/mol. The van der Waals surface area contributed by atoms with Crippen molar-refractivity contribution < 1.29 is 0 Å². The van der Waals surface area contributed by atoms with Crippen molar-refractivity contribution in [3.8, 4) is 11.1 Å². The lowest BCUT2D eigenvalue weighted by atomic mass is 9.38. The first-order valence-corrected chi connectivity index (χ1v) is 18.1. The van der Waals surface area contributed by atoms with Crippen LogP contribution in [0.5, 0.6) is 0 Å². The summed E-state index contributed by atoms with van der Waals surface area (Å²) in [5.74, 6) is 2.33. The van der Waals surface area contributed by atoms with Crippen LogP contribution in [-0.2, 0) is 0 Å². The Morgan fingerprint density at radius 1 is 0.346 bits per heavy atom. The Hall–Kier alpha value is -6.39. The van der Waals surface area contributed by atoms with E-state index in [1.54, 1.807) is 0 Å². The molecule has 3 nitrogen and oxygen atoms in total. The van der Waals surface area contributed by atoms with E-state index in [0.29, 0.717) is 0 Å². The average Bonchev–Trinajstić information content (AvgIpc) is 3.24. The number of nitrogens with zero attached hydrogens (tertiary/aromatic N) is 3. The van der Waals surface area contributed by atoms with Crippen LogP contribution >= 0.6 is 0 Å². The quantitative estimate of drug-likeness (QED) is 0.135. The lowest BCUT2D eigenvalue weighted by molar-refractivity contribution is 0.864. The minimum atomic E-state index is -0.0725. The Balaban J connectivity index is 1.12. The highest BCUT2D eigenvalue weighted by atomic mass is 15.3. The van der Waals surface area contributed by atoms with Gasteiger partial charge in [-0.25, -0.2) is 0 Å². The molecule has 0 amide bonds. The van der Waals surface area contributed by atoms with Gasteiger partial charge in [0.05, 0.1) is 0 Å². The van der Waals surface area contributed by atoms with E-state index in [9.17, 15) is 0 Å². The Morgan fingerprint density at radius 3 is 1.44 bits per heavy atom. The summed E-state index contributed by atoms with van der Waals surface area (Å²) in [6, 6.07) is 66.5. The van der Waals surface area contributed by atoms with Crippen molar-refractivity contribution in [1.82, 2.24) is 4.72 Å². The van der Waals surface area contributed by atoms with Gasteiger partial charge in [-0.1, -0.05) is 164 Å². The predicted octanol–water partition coefficient (Wildman–Crippen LogP) is 9.34. The van der Waals surface area contributed by atoms with Gasteiger partial charge in [0.2, 0.25) is 0 Å². The molecular formula is C46H34B3N3. The van der Waals surface area contributed by atoms with Crippen LogP contribution in [0.3, 0.4) is 0 Å². The van der Waals surface area contributed by atoms with Crippen molar-refractivity contribution in [2.24, 2.45) is 0 Å². The molecule has 0 bridgehead atoms. The van der Waals surface area contributed by atoms with Gasteiger partial charge in [0.1, 0.15) is 0 Å². The highest BCUT2D eigenvalue weighted by Crippen LogP contribution is 2.37. The summed E-state index contributed by atoms with van der Waals surface area (Å²) >= 11 is 0. The van der Waals surface area contributed by atoms with Gasteiger partial charge in [-0.2, -0.15) is 0 Å². The van der Waals surface area contributed by atoms with Crippen LogP contribution in [0.15, 0.2) is 206 Å². The number of anilines is 2. The third-order valence-electron chi connectivity index (χ3n) is 10.8. The number of para-hydroxylation sites is 2. The molecule has 2 heterocycles. The van der Waals surface area contributed by atoms with Gasteiger partial charge in [-0.05, 0) is 97.0 Å². The van der Waals surface area contributed by atoms with Crippen LogP contribution in [0.1, 0.15) is 0 Å². The Kier molecular flexibility index (Phi) is 7.46. The van der Waals surface area contributed by atoms with E-state index in [1.165, 1.54) is 65.7 Å². The first-order chi connectivity index (χ1) is 25.8. The summed E-state index contributed by atoms with van der Waals surface area (Å²) in [5.41, 5.74) is 7.26. The monoisotopic (exact) mass is 661 g/mol. The van der Waals surface area contributed by atoms with Crippen molar-refractivity contribution in [3.05, 3.63) is 206 Å². The third kappa shape index (κ3) is 5.02. The van der Waals surface area contributed by atoms with Crippen molar-refractivity contribution in [2.45, 2.75) is 0 Å². The second kappa shape index (κ2) is 12.7. The molecule has 52 heavy (non-hydrogen) atoms. The Bertz CT molecular complexity index is 2580. The van der Waals surface area contributed by atoms with Crippen LogP contribution in [0.2, 0.25) is 0 Å². The minimum Gasteiger partial charge on any atom is -0.423 e. The predicted molar refractivity (Wildman–Crippen MR) is 225 cm³/mol.